The Morgan fingerprint density at radius 2 is 1.97 bits per heavy atom. The monoisotopic (exact) mass is 514 g/mol. The molecule has 30 heavy (non-hydrogen) atoms. The standard InChI is InChI=1S/C22H25BrCl2N2O3/c1-3-4-10-26-22(29)15(2)27(13-16-6-5-7-17(23)11-16)21(28)14-30-20-9-8-18(24)12-19(20)25/h5-9,11-12,15H,3-4,10,13-14H2,1-2H3,(H,26,29). The summed E-state index contributed by atoms with van der Waals surface area (Å²) in [4.78, 5) is 27.1. The van der Waals surface area contributed by atoms with Crippen molar-refractivity contribution in [2.45, 2.75) is 39.3 Å². The van der Waals surface area contributed by atoms with Crippen LogP contribution in [-0.4, -0.2) is 35.9 Å². The van der Waals surface area contributed by atoms with Gasteiger partial charge in [-0.3, -0.25) is 9.59 Å². The Hall–Kier alpha value is -1.76. The van der Waals surface area contributed by atoms with Crippen LogP contribution in [-0.2, 0) is 16.1 Å². The maximum Gasteiger partial charge on any atom is 0.261 e. The minimum absolute atomic E-state index is 0.198. The van der Waals surface area contributed by atoms with E-state index in [9.17, 15) is 9.59 Å². The lowest BCUT2D eigenvalue weighted by atomic mass is 10.1. The zero-order valence-electron chi connectivity index (χ0n) is 17.0. The van der Waals surface area contributed by atoms with Crippen molar-refractivity contribution in [1.29, 1.82) is 0 Å². The van der Waals surface area contributed by atoms with Crippen LogP contribution < -0.4 is 10.1 Å². The van der Waals surface area contributed by atoms with Gasteiger partial charge < -0.3 is 15.0 Å². The zero-order valence-corrected chi connectivity index (χ0v) is 20.1. The number of rotatable bonds is 10. The van der Waals surface area contributed by atoms with Crippen LogP contribution in [0.25, 0.3) is 0 Å². The molecule has 8 heteroatoms. The maximum absolute atomic E-state index is 13.0. The fourth-order valence-electron chi connectivity index (χ4n) is 2.77. The first-order valence-corrected chi connectivity index (χ1v) is 11.3. The van der Waals surface area contributed by atoms with E-state index in [1.807, 2.05) is 24.3 Å². The highest BCUT2D eigenvalue weighted by molar-refractivity contribution is 9.10. The fourth-order valence-corrected chi connectivity index (χ4v) is 3.68. The van der Waals surface area contributed by atoms with Crippen LogP contribution in [0.3, 0.4) is 0 Å². The van der Waals surface area contributed by atoms with Crippen LogP contribution in [0.1, 0.15) is 32.3 Å². The van der Waals surface area contributed by atoms with Gasteiger partial charge in [0, 0.05) is 22.6 Å². The van der Waals surface area contributed by atoms with Gasteiger partial charge >= 0.3 is 0 Å². The number of benzene rings is 2. The molecule has 0 aliphatic heterocycles. The fraction of sp³-hybridized carbons (Fsp3) is 0.364. The molecule has 0 fully saturated rings. The zero-order chi connectivity index (χ0) is 22.1. The Bertz CT molecular complexity index is 879. The summed E-state index contributed by atoms with van der Waals surface area (Å²) in [6, 6.07) is 11.8. The van der Waals surface area contributed by atoms with Gasteiger partial charge in [-0.15, -0.1) is 0 Å². The second-order valence-electron chi connectivity index (χ2n) is 6.84. The number of carbonyl (C=O) groups is 2. The molecule has 2 aromatic carbocycles. The quantitative estimate of drug-likeness (QED) is 0.427. The predicted molar refractivity (Wildman–Crippen MR) is 124 cm³/mol. The van der Waals surface area contributed by atoms with E-state index in [1.165, 1.54) is 4.90 Å². The third-order valence-corrected chi connectivity index (χ3v) is 5.51. The highest BCUT2D eigenvalue weighted by atomic mass is 79.9. The Balaban J connectivity index is 2.13. The molecule has 0 aromatic heterocycles. The van der Waals surface area contributed by atoms with E-state index in [1.54, 1.807) is 25.1 Å². The van der Waals surface area contributed by atoms with E-state index >= 15 is 0 Å². The lowest BCUT2D eigenvalue weighted by Crippen LogP contribution is -2.49. The smallest absolute Gasteiger partial charge is 0.261 e. The lowest BCUT2D eigenvalue weighted by Gasteiger charge is -2.29. The first-order chi connectivity index (χ1) is 14.3. The molecule has 0 spiro atoms. The Kier molecular flexibility index (Phi) is 9.95. The Labute approximate surface area is 195 Å². The van der Waals surface area contributed by atoms with Crippen LogP contribution in [0.2, 0.25) is 10.0 Å². The molecular formula is C22H25BrCl2N2O3. The lowest BCUT2D eigenvalue weighted by molar-refractivity contribution is -0.142. The summed E-state index contributed by atoms with van der Waals surface area (Å²) >= 11 is 15.5. The number of nitrogens with zero attached hydrogens (tertiary/aromatic N) is 1. The summed E-state index contributed by atoms with van der Waals surface area (Å²) < 4.78 is 6.50. The summed E-state index contributed by atoms with van der Waals surface area (Å²) in [7, 11) is 0. The summed E-state index contributed by atoms with van der Waals surface area (Å²) in [5.74, 6) is -0.160. The molecule has 0 aliphatic carbocycles. The topological polar surface area (TPSA) is 58.6 Å². The highest BCUT2D eigenvalue weighted by Crippen LogP contribution is 2.27. The van der Waals surface area contributed by atoms with Crippen LogP contribution >= 0.6 is 39.1 Å². The van der Waals surface area contributed by atoms with E-state index in [2.05, 4.69) is 28.2 Å². The van der Waals surface area contributed by atoms with Crippen LogP contribution in [0.4, 0.5) is 0 Å². The number of halogens is 3. The number of hydrogen-bond donors (Lipinski definition) is 1. The van der Waals surface area contributed by atoms with Crippen molar-refractivity contribution in [1.82, 2.24) is 10.2 Å². The molecule has 162 valence electrons. The Morgan fingerprint density at radius 3 is 2.63 bits per heavy atom. The molecule has 1 unspecified atom stereocenters. The molecule has 0 saturated carbocycles. The van der Waals surface area contributed by atoms with Crippen molar-refractivity contribution in [3.63, 3.8) is 0 Å². The molecule has 0 aliphatic rings. The molecular weight excluding hydrogens is 491 g/mol. The van der Waals surface area contributed by atoms with E-state index in [0.29, 0.717) is 22.3 Å². The minimum Gasteiger partial charge on any atom is -0.482 e. The molecule has 1 atom stereocenters. The molecule has 0 radical (unpaired) electrons. The molecule has 2 rings (SSSR count). The van der Waals surface area contributed by atoms with Crippen molar-refractivity contribution in [2.24, 2.45) is 0 Å². The van der Waals surface area contributed by atoms with Gasteiger partial charge in [-0.1, -0.05) is 64.6 Å². The van der Waals surface area contributed by atoms with Crippen molar-refractivity contribution in [3.05, 3.63) is 62.5 Å². The average Bonchev–Trinajstić information content (AvgIpc) is 2.71. The van der Waals surface area contributed by atoms with Crippen molar-refractivity contribution in [2.75, 3.05) is 13.2 Å². The van der Waals surface area contributed by atoms with Gasteiger partial charge in [-0.25, -0.2) is 0 Å². The van der Waals surface area contributed by atoms with Gasteiger partial charge in [0.05, 0.1) is 5.02 Å². The first kappa shape index (κ1) is 24.5. The summed E-state index contributed by atoms with van der Waals surface area (Å²) in [6.45, 7) is 4.38. The number of carbonyl (C=O) groups excluding carboxylic acids is 2. The summed E-state index contributed by atoms with van der Waals surface area (Å²) in [5.41, 5.74) is 0.899. The van der Waals surface area contributed by atoms with Gasteiger partial charge in [0.15, 0.2) is 6.61 Å². The van der Waals surface area contributed by atoms with E-state index < -0.39 is 6.04 Å². The Morgan fingerprint density at radius 1 is 1.20 bits per heavy atom. The van der Waals surface area contributed by atoms with Crippen molar-refractivity contribution in [3.8, 4) is 5.75 Å². The van der Waals surface area contributed by atoms with E-state index in [-0.39, 0.29) is 25.0 Å². The second-order valence-corrected chi connectivity index (χ2v) is 8.59. The first-order valence-electron chi connectivity index (χ1n) is 9.71. The second kappa shape index (κ2) is 12.2. The third-order valence-electron chi connectivity index (χ3n) is 4.48. The molecule has 0 saturated heterocycles. The predicted octanol–water partition coefficient (Wildman–Crippen LogP) is 5.47. The van der Waals surface area contributed by atoms with Gasteiger partial charge in [0.25, 0.3) is 5.91 Å². The van der Waals surface area contributed by atoms with Crippen molar-refractivity contribution < 1.29 is 14.3 Å². The largest absolute Gasteiger partial charge is 0.482 e. The van der Waals surface area contributed by atoms with Gasteiger partial charge in [0.1, 0.15) is 11.8 Å². The number of unbranched alkanes of at least 4 members (excludes halogenated alkanes) is 1. The van der Waals surface area contributed by atoms with E-state index in [4.69, 9.17) is 27.9 Å². The van der Waals surface area contributed by atoms with Crippen LogP contribution in [0.15, 0.2) is 46.9 Å². The maximum atomic E-state index is 13.0. The number of nitrogens with one attached hydrogen (secondary N) is 1. The van der Waals surface area contributed by atoms with Crippen LogP contribution in [0.5, 0.6) is 5.75 Å². The summed E-state index contributed by atoms with van der Waals surface area (Å²) in [6.07, 6.45) is 1.86. The minimum atomic E-state index is -0.655. The van der Waals surface area contributed by atoms with Gasteiger partial charge in [-0.05, 0) is 49.2 Å². The normalized spacial score (nSPS) is 11.6. The summed E-state index contributed by atoms with van der Waals surface area (Å²) in [5, 5.41) is 3.68. The SMILES string of the molecule is CCCCNC(=O)C(C)N(Cc1cccc(Br)c1)C(=O)COc1ccc(Cl)cc1Cl. The molecule has 2 amide bonds. The average molecular weight is 516 g/mol. The number of hydrogen-bond acceptors (Lipinski definition) is 3. The van der Waals surface area contributed by atoms with E-state index in [0.717, 1.165) is 22.9 Å². The molecule has 5 nitrogen and oxygen atoms in total. The van der Waals surface area contributed by atoms with Gasteiger partial charge in [-0.2, -0.15) is 0 Å². The molecule has 0 heterocycles. The number of ether oxygens (including phenoxy) is 1. The highest BCUT2D eigenvalue weighted by Gasteiger charge is 2.26. The van der Waals surface area contributed by atoms with Crippen LogP contribution in [0, 0.1) is 0 Å². The molecule has 0 bridgehead atoms. The van der Waals surface area contributed by atoms with Gasteiger partial charge in [0.2, 0.25) is 5.91 Å². The van der Waals surface area contributed by atoms with Crippen molar-refractivity contribution >= 4 is 50.9 Å². The number of amides is 2. The molecule has 1 N–H and O–H groups in total. The third kappa shape index (κ3) is 7.49. The molecule has 2 aromatic rings.